The third kappa shape index (κ3) is 8.82. The Morgan fingerprint density at radius 3 is 2.07 bits per heavy atom. The first-order valence-electron chi connectivity index (χ1n) is 15.4. The second kappa shape index (κ2) is 15.5. The molecule has 4 aromatic rings. The lowest BCUT2D eigenvalue weighted by atomic mass is 10.0. The van der Waals surface area contributed by atoms with Crippen molar-refractivity contribution < 1.29 is 18.0 Å². The first-order valence-corrected chi connectivity index (χ1v) is 16.9. The van der Waals surface area contributed by atoms with Crippen LogP contribution in [0.25, 0.3) is 0 Å². The van der Waals surface area contributed by atoms with Crippen molar-refractivity contribution in [1.29, 1.82) is 0 Å². The number of sulfonamides is 1. The maximum atomic E-state index is 14.6. The summed E-state index contributed by atoms with van der Waals surface area (Å²) in [6.07, 6.45) is 0.853. The van der Waals surface area contributed by atoms with Crippen molar-refractivity contribution in [3.63, 3.8) is 0 Å². The van der Waals surface area contributed by atoms with Crippen LogP contribution >= 0.6 is 0 Å². The molecule has 4 rings (SSSR count). The molecule has 0 saturated heterocycles. The first-order chi connectivity index (χ1) is 21.6. The molecule has 1 atom stereocenters. The highest BCUT2D eigenvalue weighted by Crippen LogP contribution is 2.28. The lowest BCUT2D eigenvalue weighted by molar-refractivity contribution is -0.140. The number of carbonyl (C=O) groups is 2. The number of nitrogens with zero attached hydrogens (tertiary/aromatic N) is 2. The topological polar surface area (TPSA) is 86.8 Å². The predicted octanol–water partition coefficient (Wildman–Crippen LogP) is 6.17. The fourth-order valence-corrected chi connectivity index (χ4v) is 6.74. The number of carbonyl (C=O) groups excluding carboxylic acids is 2. The van der Waals surface area contributed by atoms with Gasteiger partial charge in [-0.15, -0.1) is 0 Å². The quantitative estimate of drug-likeness (QED) is 0.182. The predicted molar refractivity (Wildman–Crippen MR) is 180 cm³/mol. The molecule has 8 heteroatoms. The van der Waals surface area contributed by atoms with Gasteiger partial charge in [0.05, 0.1) is 10.6 Å². The Morgan fingerprint density at radius 2 is 1.42 bits per heavy atom. The molecule has 45 heavy (non-hydrogen) atoms. The molecule has 7 nitrogen and oxygen atoms in total. The second-order valence-corrected chi connectivity index (χ2v) is 13.5. The van der Waals surface area contributed by atoms with Crippen LogP contribution in [0.2, 0.25) is 0 Å². The molecule has 236 valence electrons. The number of nitrogens with one attached hydrogen (secondary N) is 1. The molecule has 2 amide bonds. The fraction of sp³-hybridized carbons (Fsp3) is 0.297. The number of hydrogen-bond donors (Lipinski definition) is 1. The van der Waals surface area contributed by atoms with E-state index < -0.39 is 28.5 Å². The normalized spacial score (nSPS) is 12.0. The summed E-state index contributed by atoms with van der Waals surface area (Å²) in [4.78, 5) is 30.1. The number of hydrogen-bond acceptors (Lipinski definition) is 4. The summed E-state index contributed by atoms with van der Waals surface area (Å²) in [7, 11) is -4.14. The molecular formula is C37H43N3O4S. The first kappa shape index (κ1) is 33.5. The van der Waals surface area contributed by atoms with Gasteiger partial charge in [-0.2, -0.15) is 0 Å². The minimum atomic E-state index is -4.14. The highest BCUT2D eigenvalue weighted by molar-refractivity contribution is 7.92. The maximum Gasteiger partial charge on any atom is 0.264 e. The maximum absolute atomic E-state index is 14.6. The zero-order chi connectivity index (χ0) is 32.4. The van der Waals surface area contributed by atoms with E-state index in [1.807, 2.05) is 94.4 Å². The van der Waals surface area contributed by atoms with Gasteiger partial charge < -0.3 is 10.2 Å². The van der Waals surface area contributed by atoms with Gasteiger partial charge in [0.25, 0.3) is 10.0 Å². The van der Waals surface area contributed by atoms with Crippen molar-refractivity contribution in [2.24, 2.45) is 5.92 Å². The van der Waals surface area contributed by atoms with Gasteiger partial charge in [-0.05, 0) is 54.2 Å². The number of aryl methyl sites for hydroxylation is 2. The van der Waals surface area contributed by atoms with Crippen molar-refractivity contribution in [3.05, 3.63) is 131 Å². The van der Waals surface area contributed by atoms with Gasteiger partial charge in [0.2, 0.25) is 11.8 Å². The summed E-state index contributed by atoms with van der Waals surface area (Å²) in [5.41, 5.74) is 4.01. The largest absolute Gasteiger partial charge is 0.354 e. The molecule has 0 radical (unpaired) electrons. The Hall–Kier alpha value is -4.43. The van der Waals surface area contributed by atoms with Crippen LogP contribution in [0.15, 0.2) is 114 Å². The third-order valence-corrected chi connectivity index (χ3v) is 9.42. The second-order valence-electron chi connectivity index (χ2n) is 11.7. The van der Waals surface area contributed by atoms with Gasteiger partial charge in [-0.25, -0.2) is 8.42 Å². The molecule has 0 aliphatic carbocycles. The Labute approximate surface area is 268 Å². The number of para-hydroxylation sites is 1. The summed E-state index contributed by atoms with van der Waals surface area (Å²) in [6, 6.07) is 31.9. The van der Waals surface area contributed by atoms with Crippen molar-refractivity contribution >= 4 is 27.5 Å². The molecule has 0 aromatic heterocycles. The van der Waals surface area contributed by atoms with Crippen molar-refractivity contribution in [2.45, 2.75) is 58.0 Å². The van der Waals surface area contributed by atoms with Gasteiger partial charge in [-0.1, -0.05) is 117 Å². The van der Waals surface area contributed by atoms with Crippen molar-refractivity contribution in [3.8, 4) is 0 Å². The summed E-state index contributed by atoms with van der Waals surface area (Å²) in [6.45, 7) is 8.08. The minimum Gasteiger partial charge on any atom is -0.354 e. The van der Waals surface area contributed by atoms with Crippen LogP contribution in [0.1, 0.15) is 43.0 Å². The summed E-state index contributed by atoms with van der Waals surface area (Å²) < 4.78 is 29.6. The van der Waals surface area contributed by atoms with E-state index in [-0.39, 0.29) is 29.7 Å². The molecule has 0 aliphatic rings. The molecular weight excluding hydrogens is 582 g/mol. The molecule has 0 heterocycles. The van der Waals surface area contributed by atoms with E-state index >= 15 is 0 Å². The number of amides is 2. The molecule has 0 bridgehead atoms. The van der Waals surface area contributed by atoms with Crippen LogP contribution in [0.3, 0.4) is 0 Å². The molecule has 0 fully saturated rings. The van der Waals surface area contributed by atoms with E-state index in [4.69, 9.17) is 0 Å². The lowest BCUT2D eigenvalue weighted by Crippen LogP contribution is -2.53. The van der Waals surface area contributed by atoms with E-state index in [0.717, 1.165) is 22.3 Å². The Kier molecular flexibility index (Phi) is 11.5. The minimum absolute atomic E-state index is 0.0875. The average molecular weight is 626 g/mol. The van der Waals surface area contributed by atoms with Crippen LogP contribution in [0.4, 0.5) is 5.69 Å². The van der Waals surface area contributed by atoms with Gasteiger partial charge >= 0.3 is 0 Å². The standard InChI is InChI=1S/C37H43N3O4S/c1-5-32-19-12-13-22-34(32)40(45(43,44)33-20-10-7-11-21-33)27-36(41)39(26-31-18-14-15-29(4)23-31)35(37(42)38-25-28(2)3)24-30-16-8-6-9-17-30/h6-23,28,35H,5,24-27H2,1-4H3,(H,38,42)/t35-/m0/s1. The summed E-state index contributed by atoms with van der Waals surface area (Å²) in [5, 5.41) is 3.03. The molecule has 4 aromatic carbocycles. The van der Waals surface area contributed by atoms with Crippen LogP contribution < -0.4 is 9.62 Å². The van der Waals surface area contributed by atoms with Crippen LogP contribution in [-0.4, -0.2) is 44.3 Å². The van der Waals surface area contributed by atoms with E-state index in [2.05, 4.69) is 5.32 Å². The Morgan fingerprint density at radius 1 is 0.800 bits per heavy atom. The lowest BCUT2D eigenvalue weighted by Gasteiger charge is -2.34. The molecule has 0 aliphatic heterocycles. The highest BCUT2D eigenvalue weighted by Gasteiger charge is 2.35. The SMILES string of the molecule is CCc1ccccc1N(CC(=O)N(Cc1cccc(C)c1)[C@@H](Cc1ccccc1)C(=O)NCC(C)C)S(=O)(=O)c1ccccc1. The Bertz CT molecular complexity index is 1670. The Balaban J connectivity index is 1.82. The number of benzene rings is 4. The average Bonchev–Trinajstić information content (AvgIpc) is 3.04. The zero-order valence-electron chi connectivity index (χ0n) is 26.5. The smallest absolute Gasteiger partial charge is 0.264 e. The molecule has 0 spiro atoms. The zero-order valence-corrected chi connectivity index (χ0v) is 27.3. The monoisotopic (exact) mass is 625 g/mol. The van der Waals surface area contributed by atoms with Gasteiger partial charge in [0.15, 0.2) is 0 Å². The van der Waals surface area contributed by atoms with Crippen LogP contribution in [0, 0.1) is 12.8 Å². The van der Waals surface area contributed by atoms with Crippen molar-refractivity contribution in [2.75, 3.05) is 17.4 Å². The van der Waals surface area contributed by atoms with E-state index in [1.54, 1.807) is 35.2 Å². The summed E-state index contributed by atoms with van der Waals surface area (Å²) >= 11 is 0. The fourth-order valence-electron chi connectivity index (χ4n) is 5.27. The third-order valence-electron chi connectivity index (χ3n) is 7.64. The van der Waals surface area contributed by atoms with Gasteiger partial charge in [0.1, 0.15) is 12.6 Å². The van der Waals surface area contributed by atoms with Crippen LogP contribution in [-0.2, 0) is 39.0 Å². The van der Waals surface area contributed by atoms with Crippen molar-refractivity contribution in [1.82, 2.24) is 10.2 Å². The highest BCUT2D eigenvalue weighted by atomic mass is 32.2. The van der Waals surface area contributed by atoms with E-state index in [1.165, 1.54) is 16.4 Å². The van der Waals surface area contributed by atoms with Gasteiger partial charge in [0, 0.05) is 19.5 Å². The molecule has 0 unspecified atom stereocenters. The number of rotatable bonds is 14. The molecule has 0 saturated carbocycles. The summed E-state index contributed by atoms with van der Waals surface area (Å²) in [5.74, 6) is -0.535. The van der Waals surface area contributed by atoms with E-state index in [9.17, 15) is 18.0 Å². The molecule has 1 N–H and O–H groups in total. The van der Waals surface area contributed by atoms with E-state index in [0.29, 0.717) is 18.7 Å². The number of anilines is 1. The van der Waals surface area contributed by atoms with Gasteiger partial charge in [-0.3, -0.25) is 13.9 Å². The van der Waals surface area contributed by atoms with Crippen LogP contribution in [0.5, 0.6) is 0 Å².